The van der Waals surface area contributed by atoms with E-state index in [2.05, 4.69) is 57.0 Å². The maximum absolute atomic E-state index is 4.95. The largest absolute Gasteiger partial charge is 0.354 e. The molecule has 20 heavy (non-hydrogen) atoms. The molecule has 2 unspecified atom stereocenters. The molecule has 1 fully saturated rings. The van der Waals surface area contributed by atoms with Crippen LogP contribution in [0.25, 0.3) is 0 Å². The van der Waals surface area contributed by atoms with Gasteiger partial charge in [0.2, 0.25) is 0 Å². The molecule has 0 aromatic carbocycles. The van der Waals surface area contributed by atoms with Gasteiger partial charge in [0, 0.05) is 30.2 Å². The van der Waals surface area contributed by atoms with Crippen LogP contribution in [0.1, 0.15) is 52.3 Å². The Balaban J connectivity index is 2.39. The topological polar surface area (TPSA) is 28.2 Å². The molecule has 0 amide bonds. The summed E-state index contributed by atoms with van der Waals surface area (Å²) in [4.78, 5) is 7.42. The minimum absolute atomic E-state index is 0.0904. The molecule has 112 valence electrons. The van der Waals surface area contributed by atoms with Crippen LogP contribution in [0.15, 0.2) is 12.1 Å². The van der Waals surface area contributed by atoms with Gasteiger partial charge in [0.1, 0.15) is 5.82 Å². The Hall–Kier alpha value is -1.09. The van der Waals surface area contributed by atoms with E-state index in [1.165, 1.54) is 17.7 Å². The highest BCUT2D eigenvalue weighted by molar-refractivity contribution is 5.46. The van der Waals surface area contributed by atoms with Gasteiger partial charge in [0.05, 0.1) is 0 Å². The molecule has 0 saturated carbocycles. The van der Waals surface area contributed by atoms with Gasteiger partial charge in [-0.3, -0.25) is 0 Å². The Morgan fingerprint density at radius 2 is 2.00 bits per heavy atom. The predicted octanol–water partition coefficient (Wildman–Crippen LogP) is 3.33. The molecule has 3 nitrogen and oxygen atoms in total. The van der Waals surface area contributed by atoms with Crippen LogP contribution in [0.5, 0.6) is 0 Å². The maximum Gasteiger partial charge on any atom is 0.129 e. The summed E-state index contributed by atoms with van der Waals surface area (Å²) in [6, 6.07) is 5.08. The molecule has 1 aromatic heterocycles. The van der Waals surface area contributed by atoms with Crippen LogP contribution in [0.4, 0.5) is 5.82 Å². The summed E-state index contributed by atoms with van der Waals surface area (Å²) in [6.45, 7) is 13.4. The molecule has 1 N–H and O–H groups in total. The van der Waals surface area contributed by atoms with Gasteiger partial charge in [-0.2, -0.15) is 0 Å². The van der Waals surface area contributed by atoms with Crippen molar-refractivity contribution >= 4 is 5.82 Å². The van der Waals surface area contributed by atoms with Crippen LogP contribution in [0.3, 0.4) is 0 Å². The van der Waals surface area contributed by atoms with E-state index < -0.39 is 0 Å². The molecule has 0 aliphatic carbocycles. The van der Waals surface area contributed by atoms with Gasteiger partial charge in [-0.1, -0.05) is 27.7 Å². The van der Waals surface area contributed by atoms with Crippen molar-refractivity contribution in [3.63, 3.8) is 0 Å². The molecule has 2 atom stereocenters. The van der Waals surface area contributed by atoms with E-state index >= 15 is 0 Å². The molecule has 2 rings (SSSR count). The zero-order valence-electron chi connectivity index (χ0n) is 13.8. The second kappa shape index (κ2) is 5.72. The molecule has 2 heterocycles. The molecule has 1 aliphatic rings. The Morgan fingerprint density at radius 1 is 1.30 bits per heavy atom. The minimum atomic E-state index is 0.0904. The van der Waals surface area contributed by atoms with Crippen molar-refractivity contribution in [1.29, 1.82) is 0 Å². The molecule has 1 aromatic rings. The lowest BCUT2D eigenvalue weighted by Gasteiger charge is -2.27. The molecule has 0 radical (unpaired) electrons. The second-order valence-corrected chi connectivity index (χ2v) is 7.34. The van der Waals surface area contributed by atoms with Crippen molar-refractivity contribution < 1.29 is 0 Å². The van der Waals surface area contributed by atoms with E-state index in [-0.39, 0.29) is 5.41 Å². The number of nitrogens with zero attached hydrogens (tertiary/aromatic N) is 2. The van der Waals surface area contributed by atoms with E-state index in [1.807, 2.05) is 7.05 Å². The maximum atomic E-state index is 4.95. The first-order valence-electron chi connectivity index (χ1n) is 7.74. The monoisotopic (exact) mass is 275 g/mol. The lowest BCUT2D eigenvalue weighted by Crippen LogP contribution is -2.29. The second-order valence-electron chi connectivity index (χ2n) is 7.34. The van der Waals surface area contributed by atoms with Gasteiger partial charge in [0.25, 0.3) is 0 Å². The molecule has 0 bridgehead atoms. The highest BCUT2D eigenvalue weighted by Crippen LogP contribution is 2.30. The van der Waals surface area contributed by atoms with E-state index in [4.69, 9.17) is 4.98 Å². The van der Waals surface area contributed by atoms with Crippen molar-refractivity contribution in [2.45, 2.75) is 59.0 Å². The Labute approximate surface area is 123 Å². The van der Waals surface area contributed by atoms with Gasteiger partial charge >= 0.3 is 0 Å². The van der Waals surface area contributed by atoms with Crippen LogP contribution in [0, 0.1) is 5.92 Å². The fraction of sp³-hybridized carbons (Fsp3) is 0.706. The molecule has 0 spiro atoms. The Kier molecular flexibility index (Phi) is 4.38. The average Bonchev–Trinajstić information content (AvgIpc) is 2.67. The smallest absolute Gasteiger partial charge is 0.129 e. The van der Waals surface area contributed by atoms with Crippen molar-refractivity contribution in [3.05, 3.63) is 23.4 Å². The van der Waals surface area contributed by atoms with Crippen LogP contribution in [-0.2, 0) is 12.0 Å². The number of anilines is 1. The molecule has 3 heteroatoms. The molecule has 1 saturated heterocycles. The zero-order chi connectivity index (χ0) is 14.9. The minimum Gasteiger partial charge on any atom is -0.354 e. The first-order chi connectivity index (χ1) is 9.31. The van der Waals surface area contributed by atoms with Crippen LogP contribution >= 0.6 is 0 Å². The van der Waals surface area contributed by atoms with Crippen LogP contribution in [-0.4, -0.2) is 24.6 Å². The third-order valence-electron chi connectivity index (χ3n) is 4.10. The van der Waals surface area contributed by atoms with Gasteiger partial charge < -0.3 is 10.2 Å². The van der Waals surface area contributed by atoms with Crippen LogP contribution < -0.4 is 10.2 Å². The molecular weight excluding hydrogens is 246 g/mol. The number of pyridine rings is 1. The number of hydrogen-bond acceptors (Lipinski definition) is 3. The summed E-state index contributed by atoms with van der Waals surface area (Å²) in [5.41, 5.74) is 2.61. The first-order valence-corrected chi connectivity index (χ1v) is 7.74. The number of rotatable bonds is 3. The normalized spacial score (nSPS) is 23.4. The molecular formula is C17H29N3. The lowest BCUT2D eigenvalue weighted by atomic mass is 9.90. The number of aromatic nitrogens is 1. The number of nitrogens with one attached hydrogen (secondary N) is 1. The summed E-state index contributed by atoms with van der Waals surface area (Å²) >= 11 is 0. The zero-order valence-corrected chi connectivity index (χ0v) is 13.8. The Morgan fingerprint density at radius 3 is 2.50 bits per heavy atom. The summed E-state index contributed by atoms with van der Waals surface area (Å²) in [5.74, 6) is 1.91. The van der Waals surface area contributed by atoms with E-state index in [0.717, 1.165) is 24.8 Å². The van der Waals surface area contributed by atoms with Gasteiger partial charge in [-0.25, -0.2) is 4.98 Å². The fourth-order valence-corrected chi connectivity index (χ4v) is 3.03. The van der Waals surface area contributed by atoms with Crippen LogP contribution in [0.2, 0.25) is 0 Å². The standard InChI is InChI=1S/C17H29N3/c1-12-7-13(2)20(11-12)16-9-14(10-18-6)8-15(19-16)17(3,4)5/h8-9,12-13,18H,7,10-11H2,1-6H3. The third kappa shape index (κ3) is 3.32. The van der Waals surface area contributed by atoms with E-state index in [1.54, 1.807) is 0 Å². The third-order valence-corrected chi connectivity index (χ3v) is 4.10. The SMILES string of the molecule is CNCc1cc(N2CC(C)CC2C)nc(C(C)(C)C)c1. The summed E-state index contributed by atoms with van der Waals surface area (Å²) in [7, 11) is 2.00. The summed E-state index contributed by atoms with van der Waals surface area (Å²) in [5, 5.41) is 3.25. The van der Waals surface area contributed by atoms with E-state index in [9.17, 15) is 0 Å². The predicted molar refractivity (Wildman–Crippen MR) is 86.3 cm³/mol. The van der Waals surface area contributed by atoms with Gasteiger partial charge in [-0.05, 0) is 44.0 Å². The van der Waals surface area contributed by atoms with E-state index in [0.29, 0.717) is 6.04 Å². The van der Waals surface area contributed by atoms with Crippen molar-refractivity contribution in [2.75, 3.05) is 18.5 Å². The van der Waals surface area contributed by atoms with Gasteiger partial charge in [0.15, 0.2) is 0 Å². The fourth-order valence-electron chi connectivity index (χ4n) is 3.03. The van der Waals surface area contributed by atoms with Crippen molar-refractivity contribution in [3.8, 4) is 0 Å². The van der Waals surface area contributed by atoms with Gasteiger partial charge in [-0.15, -0.1) is 0 Å². The van der Waals surface area contributed by atoms with Crippen molar-refractivity contribution in [2.24, 2.45) is 5.92 Å². The summed E-state index contributed by atoms with van der Waals surface area (Å²) in [6.07, 6.45) is 1.27. The average molecular weight is 275 g/mol. The highest BCUT2D eigenvalue weighted by Gasteiger charge is 2.28. The highest BCUT2D eigenvalue weighted by atomic mass is 15.2. The first kappa shape index (κ1) is 15.3. The quantitative estimate of drug-likeness (QED) is 0.917. The summed E-state index contributed by atoms with van der Waals surface area (Å²) < 4.78 is 0. The lowest BCUT2D eigenvalue weighted by molar-refractivity contribution is 0.565. The molecule has 1 aliphatic heterocycles. The number of hydrogen-bond donors (Lipinski definition) is 1. The Bertz CT molecular complexity index is 462. The van der Waals surface area contributed by atoms with Crippen molar-refractivity contribution in [1.82, 2.24) is 10.3 Å².